The van der Waals surface area contributed by atoms with Gasteiger partial charge in [0.05, 0.1) is 6.61 Å². The van der Waals surface area contributed by atoms with Gasteiger partial charge in [0.2, 0.25) is 0 Å². The molecule has 1 aliphatic heterocycles. The number of esters is 1. The molecule has 0 bridgehead atoms. The highest BCUT2D eigenvalue weighted by Gasteiger charge is 2.33. The zero-order valence-electron chi connectivity index (χ0n) is 14.1. The van der Waals surface area contributed by atoms with E-state index in [-0.39, 0.29) is 5.97 Å². The zero-order valence-corrected chi connectivity index (χ0v) is 14.1. The summed E-state index contributed by atoms with van der Waals surface area (Å²) in [5.41, 5.74) is -0.589. The Balaban J connectivity index is 2.41. The second-order valence-electron chi connectivity index (χ2n) is 6.15. The number of hydrogen-bond donors (Lipinski definition) is 1. The summed E-state index contributed by atoms with van der Waals surface area (Å²) in [6, 6.07) is 0. The first-order valence-corrected chi connectivity index (χ1v) is 8.20. The van der Waals surface area contributed by atoms with Crippen LogP contribution in [0.2, 0.25) is 0 Å². The van der Waals surface area contributed by atoms with E-state index < -0.39 is 5.54 Å². The van der Waals surface area contributed by atoms with Gasteiger partial charge in [0.25, 0.3) is 0 Å². The van der Waals surface area contributed by atoms with E-state index in [1.807, 2.05) is 20.8 Å². The summed E-state index contributed by atoms with van der Waals surface area (Å²) < 4.78 is 10.6. The maximum atomic E-state index is 12.1. The standard InChI is InChI=1S/C16H32N2O3/c1-5-17-16(3,15(19)21-6-2)9-10-18(4)13-14-7-11-20-12-8-14/h14,17H,5-13H2,1-4H3. The van der Waals surface area contributed by atoms with E-state index in [0.29, 0.717) is 6.61 Å². The topological polar surface area (TPSA) is 50.8 Å². The van der Waals surface area contributed by atoms with Crippen LogP contribution < -0.4 is 5.32 Å². The molecule has 1 atom stereocenters. The van der Waals surface area contributed by atoms with Crippen LogP contribution in [0.5, 0.6) is 0 Å². The van der Waals surface area contributed by atoms with E-state index in [1.54, 1.807) is 0 Å². The summed E-state index contributed by atoms with van der Waals surface area (Å²) in [6.07, 6.45) is 3.05. The molecule has 124 valence electrons. The van der Waals surface area contributed by atoms with Crippen LogP contribution in [0.15, 0.2) is 0 Å². The smallest absolute Gasteiger partial charge is 0.326 e. The maximum Gasteiger partial charge on any atom is 0.326 e. The van der Waals surface area contributed by atoms with Crippen LogP contribution in [0.1, 0.15) is 40.0 Å². The molecule has 0 saturated carbocycles. The average Bonchev–Trinajstić information content (AvgIpc) is 2.47. The molecule has 0 aromatic rings. The fraction of sp³-hybridized carbons (Fsp3) is 0.938. The summed E-state index contributed by atoms with van der Waals surface area (Å²) in [4.78, 5) is 14.5. The normalized spacial score (nSPS) is 19.5. The van der Waals surface area contributed by atoms with E-state index in [2.05, 4.69) is 17.3 Å². The van der Waals surface area contributed by atoms with Crippen LogP contribution in [-0.4, -0.2) is 62.9 Å². The highest BCUT2D eigenvalue weighted by atomic mass is 16.5. The Labute approximate surface area is 129 Å². The van der Waals surface area contributed by atoms with Crippen molar-refractivity contribution in [1.82, 2.24) is 10.2 Å². The van der Waals surface area contributed by atoms with E-state index in [9.17, 15) is 4.79 Å². The summed E-state index contributed by atoms with van der Waals surface area (Å²) in [7, 11) is 2.13. The van der Waals surface area contributed by atoms with Gasteiger partial charge in [-0.05, 0) is 52.6 Å². The summed E-state index contributed by atoms with van der Waals surface area (Å²) in [5.74, 6) is 0.572. The highest BCUT2D eigenvalue weighted by Crippen LogP contribution is 2.17. The molecule has 1 unspecified atom stereocenters. The number of nitrogens with one attached hydrogen (secondary N) is 1. The zero-order chi connectivity index (χ0) is 15.7. The first-order valence-electron chi connectivity index (χ1n) is 8.20. The molecule has 1 rings (SSSR count). The molecule has 0 spiro atoms. The van der Waals surface area contributed by atoms with Crippen LogP contribution in [-0.2, 0) is 14.3 Å². The third-order valence-corrected chi connectivity index (χ3v) is 4.20. The predicted octanol–water partition coefficient (Wildman–Crippen LogP) is 1.67. The SMILES string of the molecule is CCNC(C)(CCN(C)CC1CCOCC1)C(=O)OCC. The van der Waals surface area contributed by atoms with Gasteiger partial charge in [-0.15, -0.1) is 0 Å². The monoisotopic (exact) mass is 300 g/mol. The van der Waals surface area contributed by atoms with Crippen molar-refractivity contribution in [1.29, 1.82) is 0 Å². The van der Waals surface area contributed by atoms with Crippen molar-refractivity contribution in [3.63, 3.8) is 0 Å². The van der Waals surface area contributed by atoms with Crippen molar-refractivity contribution >= 4 is 5.97 Å². The fourth-order valence-electron chi connectivity index (χ4n) is 2.82. The number of hydrogen-bond acceptors (Lipinski definition) is 5. The van der Waals surface area contributed by atoms with Crippen LogP contribution in [0.3, 0.4) is 0 Å². The lowest BCUT2D eigenvalue weighted by molar-refractivity contribution is -0.151. The summed E-state index contributed by atoms with van der Waals surface area (Å²) in [6.45, 7) is 10.7. The van der Waals surface area contributed by atoms with Crippen molar-refractivity contribution < 1.29 is 14.3 Å². The molecule has 5 heteroatoms. The van der Waals surface area contributed by atoms with E-state index in [4.69, 9.17) is 9.47 Å². The minimum absolute atomic E-state index is 0.147. The third kappa shape index (κ3) is 6.32. The highest BCUT2D eigenvalue weighted by molar-refractivity contribution is 5.80. The lowest BCUT2D eigenvalue weighted by Crippen LogP contribution is -2.52. The van der Waals surface area contributed by atoms with Gasteiger partial charge in [0, 0.05) is 26.3 Å². The van der Waals surface area contributed by atoms with Crippen molar-refractivity contribution in [3.8, 4) is 0 Å². The van der Waals surface area contributed by atoms with Gasteiger partial charge >= 0.3 is 5.97 Å². The molecule has 1 heterocycles. The van der Waals surface area contributed by atoms with Crippen LogP contribution >= 0.6 is 0 Å². The van der Waals surface area contributed by atoms with Crippen molar-refractivity contribution in [3.05, 3.63) is 0 Å². The quantitative estimate of drug-likeness (QED) is 0.656. The van der Waals surface area contributed by atoms with Gasteiger partial charge in [-0.25, -0.2) is 0 Å². The minimum atomic E-state index is -0.589. The molecular weight excluding hydrogens is 268 g/mol. The minimum Gasteiger partial charge on any atom is -0.465 e. The average molecular weight is 300 g/mol. The molecule has 0 aliphatic carbocycles. The molecule has 21 heavy (non-hydrogen) atoms. The van der Waals surface area contributed by atoms with E-state index in [1.165, 1.54) is 0 Å². The molecule has 1 N–H and O–H groups in total. The molecule has 1 aliphatic rings. The second kappa shape index (κ2) is 9.38. The second-order valence-corrected chi connectivity index (χ2v) is 6.15. The number of ether oxygens (including phenoxy) is 2. The Morgan fingerprint density at radius 2 is 2.05 bits per heavy atom. The molecule has 1 fully saturated rings. The number of carbonyl (C=O) groups excluding carboxylic acids is 1. The van der Waals surface area contributed by atoms with Crippen molar-refractivity contribution in [2.45, 2.75) is 45.6 Å². The van der Waals surface area contributed by atoms with Gasteiger partial charge < -0.3 is 19.7 Å². The Morgan fingerprint density at radius 1 is 1.38 bits per heavy atom. The first kappa shape index (κ1) is 18.4. The number of nitrogens with zero attached hydrogens (tertiary/aromatic N) is 1. The first-order chi connectivity index (χ1) is 10.0. The Bertz CT molecular complexity index is 306. The molecule has 1 saturated heterocycles. The van der Waals surface area contributed by atoms with Gasteiger partial charge in [-0.2, -0.15) is 0 Å². The molecule has 0 aromatic carbocycles. The van der Waals surface area contributed by atoms with Crippen molar-refractivity contribution in [2.75, 3.05) is 46.5 Å². The van der Waals surface area contributed by atoms with Gasteiger partial charge in [0.15, 0.2) is 0 Å². The Morgan fingerprint density at radius 3 is 2.62 bits per heavy atom. The summed E-state index contributed by atoms with van der Waals surface area (Å²) in [5, 5.41) is 3.28. The molecule has 0 aromatic heterocycles. The van der Waals surface area contributed by atoms with Crippen LogP contribution in [0.4, 0.5) is 0 Å². The Kier molecular flexibility index (Phi) is 8.22. The number of rotatable bonds is 9. The van der Waals surface area contributed by atoms with Crippen LogP contribution in [0, 0.1) is 5.92 Å². The van der Waals surface area contributed by atoms with E-state index >= 15 is 0 Å². The van der Waals surface area contributed by atoms with E-state index in [0.717, 1.165) is 58.0 Å². The third-order valence-electron chi connectivity index (χ3n) is 4.20. The number of carbonyl (C=O) groups is 1. The van der Waals surface area contributed by atoms with Crippen molar-refractivity contribution in [2.24, 2.45) is 5.92 Å². The van der Waals surface area contributed by atoms with Crippen LogP contribution in [0.25, 0.3) is 0 Å². The number of likely N-dealkylation sites (N-methyl/N-ethyl adjacent to an activating group) is 1. The lowest BCUT2D eigenvalue weighted by Gasteiger charge is -2.32. The Hall–Kier alpha value is -0.650. The van der Waals surface area contributed by atoms with Gasteiger partial charge in [-0.1, -0.05) is 6.92 Å². The largest absolute Gasteiger partial charge is 0.465 e. The lowest BCUT2D eigenvalue weighted by atomic mass is 9.96. The summed E-state index contributed by atoms with van der Waals surface area (Å²) >= 11 is 0. The molecule has 5 nitrogen and oxygen atoms in total. The fourth-order valence-corrected chi connectivity index (χ4v) is 2.82. The molecular formula is C16H32N2O3. The molecule has 0 radical (unpaired) electrons. The maximum absolute atomic E-state index is 12.1. The van der Waals surface area contributed by atoms with Gasteiger partial charge in [-0.3, -0.25) is 4.79 Å². The molecule has 0 amide bonds. The predicted molar refractivity (Wildman–Crippen MR) is 84.4 cm³/mol. The van der Waals surface area contributed by atoms with Gasteiger partial charge in [0.1, 0.15) is 5.54 Å².